The van der Waals surface area contributed by atoms with Gasteiger partial charge >= 0.3 is 17.9 Å². The van der Waals surface area contributed by atoms with Crippen molar-refractivity contribution in [3.8, 4) is 0 Å². The van der Waals surface area contributed by atoms with Crippen LogP contribution in [0.4, 0.5) is 0 Å². The number of nitrogens with zero attached hydrogens (tertiary/aromatic N) is 2. The van der Waals surface area contributed by atoms with Crippen LogP contribution >= 0.6 is 0 Å². The normalized spacial score (nSPS) is 10.8. The first-order valence-corrected chi connectivity index (χ1v) is 6.30. The van der Waals surface area contributed by atoms with E-state index in [0.717, 1.165) is 0 Å². The molecule has 0 saturated heterocycles. The van der Waals surface area contributed by atoms with Crippen LogP contribution in [0.25, 0.3) is 0 Å². The fourth-order valence-corrected chi connectivity index (χ4v) is 1.83. The lowest BCUT2D eigenvalue weighted by molar-refractivity contribution is -0.142. The lowest BCUT2D eigenvalue weighted by atomic mass is 10.3. The molecule has 0 heterocycles. The molecule has 3 N–H and O–H groups in total. The molecule has 0 saturated carbocycles. The van der Waals surface area contributed by atoms with Gasteiger partial charge in [0.15, 0.2) is 0 Å². The first-order valence-electron chi connectivity index (χ1n) is 6.30. The summed E-state index contributed by atoms with van der Waals surface area (Å²) in [4.78, 5) is 45.6. The third kappa shape index (κ3) is 11.5. The van der Waals surface area contributed by atoms with E-state index in [1.54, 1.807) is 0 Å². The van der Waals surface area contributed by atoms with Crippen molar-refractivity contribution < 1.29 is 34.5 Å². The van der Waals surface area contributed by atoms with Crippen molar-refractivity contribution in [2.24, 2.45) is 0 Å². The largest absolute Gasteiger partial charge is 0.480 e. The molecule has 120 valence electrons. The Morgan fingerprint density at radius 1 is 0.714 bits per heavy atom. The Kier molecular flexibility index (Phi) is 8.90. The maximum atomic E-state index is 11.0. The Morgan fingerprint density at radius 2 is 1.05 bits per heavy atom. The molecule has 0 aromatic rings. The van der Waals surface area contributed by atoms with Gasteiger partial charge in [-0.2, -0.15) is 0 Å². The molecular weight excluding hydrogens is 284 g/mol. The number of aliphatic carboxylic acids is 3. The number of rotatable bonds is 12. The van der Waals surface area contributed by atoms with E-state index >= 15 is 0 Å². The average molecular weight is 304 g/mol. The number of carbonyl (C=O) groups excluding carboxylic acids is 1. The Morgan fingerprint density at radius 3 is 1.33 bits per heavy atom. The molecule has 0 atom stereocenters. The van der Waals surface area contributed by atoms with Crippen LogP contribution < -0.4 is 0 Å². The zero-order valence-corrected chi connectivity index (χ0v) is 11.8. The summed E-state index contributed by atoms with van der Waals surface area (Å²) >= 11 is 0. The van der Waals surface area contributed by atoms with Crippen LogP contribution in [0.2, 0.25) is 0 Å². The van der Waals surface area contributed by atoms with Gasteiger partial charge in [0.1, 0.15) is 5.78 Å². The molecule has 0 radical (unpaired) electrons. The number of carbonyl (C=O) groups is 4. The smallest absolute Gasteiger partial charge is 0.317 e. The van der Waals surface area contributed by atoms with E-state index < -0.39 is 31.0 Å². The highest BCUT2D eigenvalue weighted by molar-refractivity contribution is 5.78. The van der Waals surface area contributed by atoms with Gasteiger partial charge in [0, 0.05) is 13.1 Å². The molecule has 0 aliphatic heterocycles. The fourth-order valence-electron chi connectivity index (χ4n) is 1.83. The Hall–Kier alpha value is -2.00. The molecule has 0 spiro atoms. The van der Waals surface area contributed by atoms with Crippen LogP contribution in [-0.4, -0.2) is 88.1 Å². The van der Waals surface area contributed by atoms with E-state index in [1.807, 2.05) is 0 Å². The quantitative estimate of drug-likeness (QED) is 0.407. The van der Waals surface area contributed by atoms with Gasteiger partial charge in [-0.1, -0.05) is 0 Å². The second-order valence-corrected chi connectivity index (χ2v) is 4.66. The Bertz CT molecular complexity index is 329. The molecular formula is C12H20N2O7. The van der Waals surface area contributed by atoms with Crippen molar-refractivity contribution in [1.29, 1.82) is 0 Å². The topological polar surface area (TPSA) is 135 Å². The molecule has 0 amide bonds. The molecule has 0 aromatic heterocycles. The number of hydrogen-bond donors (Lipinski definition) is 3. The van der Waals surface area contributed by atoms with E-state index in [0.29, 0.717) is 6.42 Å². The predicted molar refractivity (Wildman–Crippen MR) is 71.1 cm³/mol. The van der Waals surface area contributed by atoms with Crippen LogP contribution in [0.5, 0.6) is 0 Å². The number of Topliss-reactive ketones (excluding diaryl/α,β-unsaturated/α-hetero) is 1. The molecule has 21 heavy (non-hydrogen) atoms. The maximum absolute atomic E-state index is 11.0. The van der Waals surface area contributed by atoms with E-state index in [9.17, 15) is 19.2 Å². The highest BCUT2D eigenvalue weighted by Gasteiger charge is 2.15. The second-order valence-electron chi connectivity index (χ2n) is 4.66. The van der Waals surface area contributed by atoms with Gasteiger partial charge in [0.25, 0.3) is 0 Å². The molecule has 9 nitrogen and oxygen atoms in total. The zero-order chi connectivity index (χ0) is 16.4. The molecule has 0 bridgehead atoms. The summed E-state index contributed by atoms with van der Waals surface area (Å²) in [6, 6.07) is 0. The lowest BCUT2D eigenvalue weighted by Crippen LogP contribution is -2.39. The summed E-state index contributed by atoms with van der Waals surface area (Å²) in [5.41, 5.74) is 0. The van der Waals surface area contributed by atoms with Gasteiger partial charge in [0.2, 0.25) is 0 Å². The van der Waals surface area contributed by atoms with E-state index in [4.69, 9.17) is 15.3 Å². The zero-order valence-electron chi connectivity index (χ0n) is 11.8. The monoisotopic (exact) mass is 304 g/mol. The van der Waals surface area contributed by atoms with Crippen molar-refractivity contribution in [2.45, 2.75) is 13.3 Å². The van der Waals surface area contributed by atoms with Crippen molar-refractivity contribution in [3.63, 3.8) is 0 Å². The van der Waals surface area contributed by atoms with Crippen molar-refractivity contribution >= 4 is 23.7 Å². The number of ketones is 1. The van der Waals surface area contributed by atoms with Gasteiger partial charge < -0.3 is 15.3 Å². The van der Waals surface area contributed by atoms with Crippen molar-refractivity contribution in [1.82, 2.24) is 9.80 Å². The standard InChI is InChI=1S/C12H20N2O7/c1-9(15)5-13(6-10(16)17)3-2-4-14(7-11(18)19)8-12(20)21/h2-8H2,1H3,(H,16,17)(H,18,19)(H,20,21). The second kappa shape index (κ2) is 9.83. The maximum Gasteiger partial charge on any atom is 0.317 e. The summed E-state index contributed by atoms with van der Waals surface area (Å²) in [5, 5.41) is 26.1. The Labute approximate surface area is 121 Å². The number of carboxylic acids is 3. The minimum atomic E-state index is -1.14. The van der Waals surface area contributed by atoms with Crippen LogP contribution in [0.3, 0.4) is 0 Å². The van der Waals surface area contributed by atoms with E-state index in [2.05, 4.69) is 0 Å². The first-order chi connectivity index (χ1) is 9.70. The SMILES string of the molecule is CC(=O)CN(CCCN(CC(=O)O)CC(=O)O)CC(=O)O. The van der Waals surface area contributed by atoms with Crippen LogP contribution in [-0.2, 0) is 19.2 Å². The minimum Gasteiger partial charge on any atom is -0.480 e. The third-order valence-corrected chi connectivity index (χ3v) is 2.47. The molecule has 0 unspecified atom stereocenters. The number of carboxylic acid groups (broad SMARTS) is 3. The summed E-state index contributed by atoms with van der Waals surface area (Å²) < 4.78 is 0. The van der Waals surface area contributed by atoms with Gasteiger partial charge in [-0.3, -0.25) is 29.0 Å². The van der Waals surface area contributed by atoms with Gasteiger partial charge in [-0.05, 0) is 13.3 Å². The van der Waals surface area contributed by atoms with Gasteiger partial charge in [-0.15, -0.1) is 0 Å². The molecule has 0 aliphatic carbocycles. The van der Waals surface area contributed by atoms with Crippen molar-refractivity contribution in [3.05, 3.63) is 0 Å². The molecule has 0 aromatic carbocycles. The highest BCUT2D eigenvalue weighted by atomic mass is 16.4. The predicted octanol–water partition coefficient (Wildman–Crippen LogP) is -1.18. The average Bonchev–Trinajstić information content (AvgIpc) is 2.24. The minimum absolute atomic E-state index is 0.00976. The summed E-state index contributed by atoms with van der Waals surface area (Å²) in [6.07, 6.45) is 0.362. The number of hydrogen-bond acceptors (Lipinski definition) is 6. The van der Waals surface area contributed by atoms with Crippen LogP contribution in [0.1, 0.15) is 13.3 Å². The van der Waals surface area contributed by atoms with Gasteiger partial charge in [0.05, 0.1) is 26.2 Å². The molecule has 0 rings (SSSR count). The van der Waals surface area contributed by atoms with Crippen LogP contribution in [0.15, 0.2) is 0 Å². The van der Waals surface area contributed by atoms with E-state index in [1.165, 1.54) is 16.7 Å². The van der Waals surface area contributed by atoms with Crippen LogP contribution in [0, 0.1) is 0 Å². The van der Waals surface area contributed by atoms with Gasteiger partial charge in [-0.25, -0.2) is 0 Å². The molecule has 9 heteroatoms. The first kappa shape index (κ1) is 19.0. The van der Waals surface area contributed by atoms with E-state index in [-0.39, 0.29) is 32.0 Å². The summed E-state index contributed by atoms with van der Waals surface area (Å²) in [5.74, 6) is -3.52. The Balaban J connectivity index is 4.34. The summed E-state index contributed by atoms with van der Waals surface area (Å²) in [6.45, 7) is 0.682. The lowest BCUT2D eigenvalue weighted by Gasteiger charge is -2.22. The third-order valence-electron chi connectivity index (χ3n) is 2.47. The highest BCUT2D eigenvalue weighted by Crippen LogP contribution is 1.97. The summed E-state index contributed by atoms with van der Waals surface area (Å²) in [7, 11) is 0. The fraction of sp³-hybridized carbons (Fsp3) is 0.667. The molecule has 0 fully saturated rings. The molecule has 0 aliphatic rings. The van der Waals surface area contributed by atoms with Crippen molar-refractivity contribution in [2.75, 3.05) is 39.3 Å².